The molecule has 0 unspecified atom stereocenters. The monoisotopic (exact) mass is 215 g/mol. The van der Waals surface area contributed by atoms with E-state index in [0.29, 0.717) is 6.04 Å². The maximum absolute atomic E-state index is 5.18. The molecule has 0 spiro atoms. The van der Waals surface area contributed by atoms with Gasteiger partial charge in [0.1, 0.15) is 5.82 Å². The Morgan fingerprint density at radius 2 is 2.46 bits per heavy atom. The van der Waals surface area contributed by atoms with E-state index in [4.69, 9.17) is 12.2 Å². The Kier molecular flexibility index (Phi) is 2.74. The van der Waals surface area contributed by atoms with Crippen LogP contribution in [0.3, 0.4) is 0 Å². The summed E-state index contributed by atoms with van der Waals surface area (Å²) in [7, 11) is 0. The highest BCUT2D eigenvalue weighted by Crippen LogP contribution is 2.35. The summed E-state index contributed by atoms with van der Waals surface area (Å²) in [6.07, 6.45) is 5.66. The Balaban J connectivity index is 2.18. The Morgan fingerprint density at radius 3 is 3.08 bits per heavy atom. The SMILES string of the molecule is CSCCc1n[nH]c(=S)n1C1CC1. The second-order valence-electron chi connectivity index (χ2n) is 3.29. The molecule has 1 aromatic rings. The van der Waals surface area contributed by atoms with Crippen molar-refractivity contribution in [1.82, 2.24) is 14.8 Å². The molecular weight excluding hydrogens is 202 g/mol. The van der Waals surface area contributed by atoms with Gasteiger partial charge in [-0.15, -0.1) is 0 Å². The number of H-pyrrole nitrogens is 1. The third-order valence-electron chi connectivity index (χ3n) is 2.22. The summed E-state index contributed by atoms with van der Waals surface area (Å²) >= 11 is 7.02. The fraction of sp³-hybridized carbons (Fsp3) is 0.750. The van der Waals surface area contributed by atoms with E-state index in [2.05, 4.69) is 21.0 Å². The number of nitrogens with one attached hydrogen (secondary N) is 1. The van der Waals surface area contributed by atoms with Crippen molar-refractivity contribution in [2.45, 2.75) is 25.3 Å². The molecule has 0 aromatic carbocycles. The molecule has 5 heteroatoms. The highest BCUT2D eigenvalue weighted by atomic mass is 32.2. The van der Waals surface area contributed by atoms with Gasteiger partial charge in [-0.3, -0.25) is 5.10 Å². The first kappa shape index (κ1) is 9.27. The first-order valence-corrected chi connectivity index (χ1v) is 6.28. The van der Waals surface area contributed by atoms with Gasteiger partial charge < -0.3 is 4.57 Å². The maximum Gasteiger partial charge on any atom is 0.195 e. The van der Waals surface area contributed by atoms with Gasteiger partial charge in [-0.2, -0.15) is 16.9 Å². The molecule has 2 rings (SSSR count). The summed E-state index contributed by atoms with van der Waals surface area (Å²) in [6, 6.07) is 0.642. The second-order valence-corrected chi connectivity index (χ2v) is 4.66. The van der Waals surface area contributed by atoms with Crippen LogP contribution in [0.15, 0.2) is 0 Å². The van der Waals surface area contributed by atoms with Crippen molar-refractivity contribution in [1.29, 1.82) is 0 Å². The number of rotatable bonds is 4. The van der Waals surface area contributed by atoms with E-state index < -0.39 is 0 Å². The van der Waals surface area contributed by atoms with Gasteiger partial charge in [-0.1, -0.05) is 0 Å². The minimum absolute atomic E-state index is 0.642. The zero-order valence-corrected chi connectivity index (χ0v) is 9.25. The molecule has 0 aliphatic heterocycles. The van der Waals surface area contributed by atoms with E-state index in [1.165, 1.54) is 12.8 Å². The predicted molar refractivity (Wildman–Crippen MR) is 57.8 cm³/mol. The Morgan fingerprint density at radius 1 is 1.69 bits per heavy atom. The van der Waals surface area contributed by atoms with Crippen LogP contribution in [0, 0.1) is 4.77 Å². The molecule has 0 amide bonds. The lowest BCUT2D eigenvalue weighted by Crippen LogP contribution is -2.02. The number of hydrogen-bond donors (Lipinski definition) is 1. The lowest BCUT2D eigenvalue weighted by molar-refractivity contribution is 0.681. The van der Waals surface area contributed by atoms with Crippen LogP contribution in [-0.4, -0.2) is 26.8 Å². The molecule has 1 fully saturated rings. The summed E-state index contributed by atoms with van der Waals surface area (Å²) in [6.45, 7) is 0. The molecule has 72 valence electrons. The normalized spacial score (nSPS) is 16.4. The lowest BCUT2D eigenvalue weighted by Gasteiger charge is -2.02. The number of hydrogen-bond acceptors (Lipinski definition) is 3. The Hall–Kier alpha value is -0.290. The average Bonchev–Trinajstić information content (AvgIpc) is 2.88. The highest BCUT2D eigenvalue weighted by molar-refractivity contribution is 7.98. The van der Waals surface area contributed by atoms with E-state index in [0.717, 1.165) is 22.8 Å². The first-order chi connectivity index (χ1) is 6.33. The standard InChI is InChI=1S/C8H13N3S2/c1-13-5-4-7-9-10-8(12)11(7)6-2-3-6/h6H,2-5H2,1H3,(H,10,12). The van der Waals surface area contributed by atoms with E-state index in [9.17, 15) is 0 Å². The molecule has 0 saturated heterocycles. The summed E-state index contributed by atoms with van der Waals surface area (Å²) < 4.78 is 2.98. The quantitative estimate of drug-likeness (QED) is 0.782. The van der Waals surface area contributed by atoms with E-state index in [1.54, 1.807) is 0 Å². The van der Waals surface area contributed by atoms with Gasteiger partial charge in [0.2, 0.25) is 0 Å². The van der Waals surface area contributed by atoms with Crippen LogP contribution in [-0.2, 0) is 6.42 Å². The van der Waals surface area contributed by atoms with Crippen LogP contribution >= 0.6 is 24.0 Å². The molecule has 0 bridgehead atoms. The van der Waals surface area contributed by atoms with Crippen molar-refractivity contribution < 1.29 is 0 Å². The highest BCUT2D eigenvalue weighted by Gasteiger charge is 2.26. The molecule has 13 heavy (non-hydrogen) atoms. The molecule has 1 N–H and O–H groups in total. The van der Waals surface area contributed by atoms with Crippen LogP contribution < -0.4 is 0 Å². The molecule has 1 aromatic heterocycles. The van der Waals surface area contributed by atoms with Crippen LogP contribution in [0.1, 0.15) is 24.7 Å². The number of aryl methyl sites for hydroxylation is 1. The van der Waals surface area contributed by atoms with Crippen molar-refractivity contribution in [3.63, 3.8) is 0 Å². The summed E-state index contributed by atoms with van der Waals surface area (Å²) in [4.78, 5) is 0. The van der Waals surface area contributed by atoms with E-state index in [-0.39, 0.29) is 0 Å². The van der Waals surface area contributed by atoms with Crippen molar-refractivity contribution in [2.75, 3.05) is 12.0 Å². The zero-order chi connectivity index (χ0) is 9.26. The molecule has 0 radical (unpaired) electrons. The number of aromatic amines is 1. The minimum atomic E-state index is 0.642. The lowest BCUT2D eigenvalue weighted by atomic mass is 10.4. The van der Waals surface area contributed by atoms with Crippen molar-refractivity contribution in [3.05, 3.63) is 10.6 Å². The van der Waals surface area contributed by atoms with Gasteiger partial charge in [0, 0.05) is 18.2 Å². The molecule has 3 nitrogen and oxygen atoms in total. The van der Waals surface area contributed by atoms with Crippen LogP contribution in [0.4, 0.5) is 0 Å². The van der Waals surface area contributed by atoms with Gasteiger partial charge in [-0.25, -0.2) is 0 Å². The van der Waals surface area contributed by atoms with Gasteiger partial charge in [0.25, 0.3) is 0 Å². The van der Waals surface area contributed by atoms with Gasteiger partial charge in [0.05, 0.1) is 0 Å². The van der Waals surface area contributed by atoms with Crippen molar-refractivity contribution in [2.24, 2.45) is 0 Å². The van der Waals surface area contributed by atoms with Crippen LogP contribution in [0.5, 0.6) is 0 Å². The molecule has 1 aliphatic carbocycles. The zero-order valence-electron chi connectivity index (χ0n) is 7.62. The number of aromatic nitrogens is 3. The van der Waals surface area contributed by atoms with E-state index in [1.807, 2.05) is 11.8 Å². The van der Waals surface area contributed by atoms with Gasteiger partial charge in [-0.05, 0) is 31.3 Å². The Labute approximate surface area is 86.9 Å². The summed E-state index contributed by atoms with van der Waals surface area (Å²) in [5.41, 5.74) is 0. The fourth-order valence-corrected chi connectivity index (χ4v) is 2.10. The average molecular weight is 215 g/mol. The largest absolute Gasteiger partial charge is 0.301 e. The number of thioether (sulfide) groups is 1. The van der Waals surface area contributed by atoms with E-state index >= 15 is 0 Å². The van der Waals surface area contributed by atoms with Crippen LogP contribution in [0.2, 0.25) is 0 Å². The molecular formula is C8H13N3S2. The topological polar surface area (TPSA) is 33.6 Å². The van der Waals surface area contributed by atoms with Crippen molar-refractivity contribution in [3.8, 4) is 0 Å². The molecule has 1 heterocycles. The maximum atomic E-state index is 5.18. The smallest absolute Gasteiger partial charge is 0.195 e. The second kappa shape index (κ2) is 3.84. The minimum Gasteiger partial charge on any atom is -0.301 e. The first-order valence-electron chi connectivity index (χ1n) is 4.47. The summed E-state index contributed by atoms with van der Waals surface area (Å²) in [5.74, 6) is 2.24. The van der Waals surface area contributed by atoms with Gasteiger partial charge >= 0.3 is 0 Å². The van der Waals surface area contributed by atoms with Gasteiger partial charge in [0.15, 0.2) is 4.77 Å². The number of nitrogens with zero attached hydrogens (tertiary/aromatic N) is 2. The predicted octanol–water partition coefficient (Wildman–Crippen LogP) is 2.18. The Bertz CT molecular complexity index is 337. The third-order valence-corrected chi connectivity index (χ3v) is 3.12. The fourth-order valence-electron chi connectivity index (χ4n) is 1.42. The van der Waals surface area contributed by atoms with Crippen LogP contribution in [0.25, 0.3) is 0 Å². The third kappa shape index (κ3) is 1.96. The summed E-state index contributed by atoms with van der Waals surface area (Å²) in [5, 5.41) is 7.12. The molecule has 1 aliphatic rings. The van der Waals surface area contributed by atoms with Crippen molar-refractivity contribution >= 4 is 24.0 Å². The molecule has 1 saturated carbocycles. The molecule has 0 atom stereocenters.